The first-order valence-corrected chi connectivity index (χ1v) is 4.14. The second-order valence-electron chi connectivity index (χ2n) is 3.17. The molecule has 0 unspecified atom stereocenters. The molecule has 0 fully saturated rings. The van der Waals surface area contributed by atoms with Crippen LogP contribution in [-0.2, 0) is 0 Å². The maximum atomic E-state index is 12.3. The van der Waals surface area contributed by atoms with E-state index in [-0.39, 0.29) is 12.4 Å². The lowest BCUT2D eigenvalue weighted by atomic mass is 9.97. The Morgan fingerprint density at radius 1 is 1.14 bits per heavy atom. The molecule has 0 spiro atoms. The van der Waals surface area contributed by atoms with Crippen molar-refractivity contribution in [3.05, 3.63) is 34.9 Å². The van der Waals surface area contributed by atoms with Gasteiger partial charge in [-0.3, -0.25) is 0 Å². The van der Waals surface area contributed by atoms with Crippen LogP contribution in [0.1, 0.15) is 22.7 Å². The van der Waals surface area contributed by atoms with Crippen molar-refractivity contribution in [1.82, 2.24) is 0 Å². The van der Waals surface area contributed by atoms with E-state index in [0.717, 1.165) is 11.1 Å². The topological polar surface area (TPSA) is 26.0 Å². The molecule has 1 aromatic carbocycles. The van der Waals surface area contributed by atoms with Crippen LogP contribution in [0.3, 0.4) is 0 Å². The van der Waals surface area contributed by atoms with Crippen LogP contribution < -0.4 is 5.73 Å². The highest BCUT2D eigenvalue weighted by atomic mass is 35.5. The van der Waals surface area contributed by atoms with Gasteiger partial charge < -0.3 is 5.73 Å². The van der Waals surface area contributed by atoms with Gasteiger partial charge in [0.05, 0.1) is 6.04 Å². The normalized spacial score (nSPS) is 12.4. The van der Waals surface area contributed by atoms with Crippen molar-refractivity contribution in [1.29, 1.82) is 0 Å². The summed E-state index contributed by atoms with van der Waals surface area (Å²) in [6, 6.07) is 4.27. The van der Waals surface area contributed by atoms with Crippen LogP contribution in [-0.4, -0.2) is 6.43 Å². The molecule has 0 bridgehead atoms. The summed E-state index contributed by atoms with van der Waals surface area (Å²) in [7, 11) is 0. The van der Waals surface area contributed by atoms with Crippen molar-refractivity contribution >= 4 is 12.4 Å². The van der Waals surface area contributed by atoms with Crippen LogP contribution in [0.2, 0.25) is 0 Å². The molecule has 0 saturated carbocycles. The Morgan fingerprint density at radius 3 is 1.93 bits per heavy atom. The minimum atomic E-state index is -2.50. The standard InChI is InChI=1S/C10H13F2N.ClH/c1-6-4-3-5-7(2)8(6)9(13)10(11)12;/h3-5,9-10H,13H2,1-2H3;1H/t9-;/m1./s1. The predicted molar refractivity (Wildman–Crippen MR) is 56.1 cm³/mol. The van der Waals surface area contributed by atoms with Gasteiger partial charge in [-0.2, -0.15) is 0 Å². The van der Waals surface area contributed by atoms with Crippen LogP contribution in [0.15, 0.2) is 18.2 Å². The lowest BCUT2D eigenvalue weighted by molar-refractivity contribution is 0.116. The Kier molecular flexibility index (Phi) is 5.02. The van der Waals surface area contributed by atoms with Crippen molar-refractivity contribution in [3.63, 3.8) is 0 Å². The Labute approximate surface area is 88.7 Å². The van der Waals surface area contributed by atoms with Gasteiger partial charge >= 0.3 is 0 Å². The maximum absolute atomic E-state index is 12.3. The Balaban J connectivity index is 0.00000169. The van der Waals surface area contributed by atoms with Crippen molar-refractivity contribution in [2.45, 2.75) is 26.3 Å². The Bertz CT molecular complexity index is 282. The molecule has 0 saturated heterocycles. The van der Waals surface area contributed by atoms with Gasteiger partial charge in [0.1, 0.15) is 0 Å². The number of benzene rings is 1. The van der Waals surface area contributed by atoms with Crippen LogP contribution in [0.25, 0.3) is 0 Å². The van der Waals surface area contributed by atoms with Crippen molar-refractivity contribution in [2.24, 2.45) is 5.73 Å². The summed E-state index contributed by atoms with van der Waals surface area (Å²) >= 11 is 0. The fourth-order valence-corrected chi connectivity index (χ4v) is 1.48. The van der Waals surface area contributed by atoms with E-state index in [1.807, 2.05) is 6.07 Å². The zero-order valence-electron chi connectivity index (χ0n) is 8.13. The van der Waals surface area contributed by atoms with E-state index in [1.165, 1.54) is 0 Å². The molecule has 0 aliphatic rings. The molecule has 1 aromatic rings. The van der Waals surface area contributed by atoms with Crippen molar-refractivity contribution in [2.75, 3.05) is 0 Å². The average molecular weight is 222 g/mol. The summed E-state index contributed by atoms with van der Waals surface area (Å²) in [4.78, 5) is 0. The summed E-state index contributed by atoms with van der Waals surface area (Å²) in [5.74, 6) is 0. The fourth-order valence-electron chi connectivity index (χ4n) is 1.48. The molecule has 0 aliphatic carbocycles. The number of aryl methyl sites for hydroxylation is 2. The fraction of sp³-hybridized carbons (Fsp3) is 0.400. The van der Waals surface area contributed by atoms with Crippen LogP contribution in [0.5, 0.6) is 0 Å². The van der Waals surface area contributed by atoms with E-state index >= 15 is 0 Å². The van der Waals surface area contributed by atoms with Gasteiger partial charge in [0.2, 0.25) is 0 Å². The number of hydrogen-bond donors (Lipinski definition) is 1. The van der Waals surface area contributed by atoms with E-state index in [9.17, 15) is 8.78 Å². The maximum Gasteiger partial charge on any atom is 0.257 e. The third-order valence-electron chi connectivity index (χ3n) is 2.15. The molecule has 14 heavy (non-hydrogen) atoms. The number of alkyl halides is 2. The quantitative estimate of drug-likeness (QED) is 0.817. The van der Waals surface area contributed by atoms with E-state index < -0.39 is 12.5 Å². The highest BCUT2D eigenvalue weighted by Gasteiger charge is 2.20. The Morgan fingerprint density at radius 2 is 1.57 bits per heavy atom. The third-order valence-corrected chi connectivity index (χ3v) is 2.15. The lowest BCUT2D eigenvalue weighted by Gasteiger charge is -2.16. The molecular weight excluding hydrogens is 208 g/mol. The molecule has 0 aliphatic heterocycles. The molecule has 1 rings (SSSR count). The van der Waals surface area contributed by atoms with Gasteiger partial charge in [-0.25, -0.2) is 8.78 Å². The van der Waals surface area contributed by atoms with Gasteiger partial charge in [-0.15, -0.1) is 12.4 Å². The molecular formula is C10H14ClF2N. The average Bonchev–Trinajstić information content (AvgIpc) is 2.03. The predicted octanol–water partition coefficient (Wildman–Crippen LogP) is 2.99. The first-order valence-electron chi connectivity index (χ1n) is 4.14. The second kappa shape index (κ2) is 5.27. The molecule has 0 heterocycles. The monoisotopic (exact) mass is 221 g/mol. The van der Waals surface area contributed by atoms with Crippen LogP contribution in [0.4, 0.5) is 8.78 Å². The molecule has 0 amide bonds. The molecule has 0 aromatic heterocycles. The van der Waals surface area contributed by atoms with Crippen LogP contribution in [0, 0.1) is 13.8 Å². The first kappa shape index (κ1) is 13.3. The first-order chi connectivity index (χ1) is 6.04. The number of rotatable bonds is 2. The molecule has 1 nitrogen and oxygen atoms in total. The van der Waals surface area contributed by atoms with Gasteiger partial charge in [0, 0.05) is 0 Å². The molecule has 4 heteroatoms. The number of halogens is 3. The molecule has 0 radical (unpaired) electrons. The molecule has 80 valence electrons. The van der Waals surface area contributed by atoms with Gasteiger partial charge in [0.15, 0.2) is 0 Å². The number of hydrogen-bond acceptors (Lipinski definition) is 1. The summed E-state index contributed by atoms with van der Waals surface area (Å²) in [6.07, 6.45) is -2.50. The van der Waals surface area contributed by atoms with E-state index in [0.29, 0.717) is 5.56 Å². The zero-order valence-corrected chi connectivity index (χ0v) is 8.94. The van der Waals surface area contributed by atoms with Crippen molar-refractivity contribution in [3.8, 4) is 0 Å². The van der Waals surface area contributed by atoms with Gasteiger partial charge in [-0.1, -0.05) is 18.2 Å². The summed E-state index contributed by atoms with van der Waals surface area (Å²) in [6.45, 7) is 3.59. The SMILES string of the molecule is Cc1cccc(C)c1[C@@H](N)C(F)F.Cl. The minimum absolute atomic E-state index is 0. The molecule has 1 atom stereocenters. The number of nitrogens with two attached hydrogens (primary N) is 1. The second-order valence-corrected chi connectivity index (χ2v) is 3.17. The minimum Gasteiger partial charge on any atom is -0.319 e. The van der Waals surface area contributed by atoms with E-state index in [1.54, 1.807) is 26.0 Å². The Hall–Kier alpha value is -0.670. The summed E-state index contributed by atoms with van der Waals surface area (Å²) < 4.78 is 24.7. The van der Waals surface area contributed by atoms with Crippen molar-refractivity contribution < 1.29 is 8.78 Å². The van der Waals surface area contributed by atoms with Gasteiger partial charge in [-0.05, 0) is 30.5 Å². The molecule has 2 N–H and O–H groups in total. The van der Waals surface area contributed by atoms with Gasteiger partial charge in [0.25, 0.3) is 6.43 Å². The largest absolute Gasteiger partial charge is 0.319 e. The van der Waals surface area contributed by atoms with Crippen LogP contribution >= 0.6 is 12.4 Å². The summed E-state index contributed by atoms with van der Waals surface area (Å²) in [5.41, 5.74) is 7.61. The lowest BCUT2D eigenvalue weighted by Crippen LogP contribution is -2.21. The summed E-state index contributed by atoms with van der Waals surface area (Å²) in [5, 5.41) is 0. The zero-order chi connectivity index (χ0) is 10.0. The van der Waals surface area contributed by atoms with E-state index in [2.05, 4.69) is 0 Å². The van der Waals surface area contributed by atoms with E-state index in [4.69, 9.17) is 5.73 Å². The smallest absolute Gasteiger partial charge is 0.257 e. The third kappa shape index (κ3) is 2.66. The highest BCUT2D eigenvalue weighted by Crippen LogP contribution is 2.24. The highest BCUT2D eigenvalue weighted by molar-refractivity contribution is 5.85.